The van der Waals surface area contributed by atoms with Crippen LogP contribution in [0.3, 0.4) is 0 Å². The zero-order chi connectivity index (χ0) is 13.8. The fraction of sp³-hybridized carbons (Fsp3) is 0.538. The highest BCUT2D eigenvalue weighted by Gasteiger charge is 2.26. The Morgan fingerprint density at radius 1 is 1.45 bits per heavy atom. The Labute approximate surface area is 117 Å². The van der Waals surface area contributed by atoms with Crippen LogP contribution in [0.5, 0.6) is 0 Å². The van der Waals surface area contributed by atoms with Crippen LogP contribution >= 0.6 is 0 Å². The number of anilines is 1. The Balaban J connectivity index is 1.71. The highest BCUT2D eigenvalue weighted by Crippen LogP contribution is 2.27. The first-order valence-corrected chi connectivity index (χ1v) is 6.69. The summed E-state index contributed by atoms with van der Waals surface area (Å²) in [6.45, 7) is 2.18. The van der Waals surface area contributed by atoms with Gasteiger partial charge in [-0.05, 0) is 12.8 Å². The van der Waals surface area contributed by atoms with Crippen LogP contribution in [0.15, 0.2) is 23.1 Å². The minimum Gasteiger partial charge on any atom is -0.375 e. The van der Waals surface area contributed by atoms with Crippen LogP contribution in [0.4, 0.5) is 5.82 Å². The molecule has 0 radical (unpaired) electrons. The topological polar surface area (TPSA) is 77.2 Å². The third-order valence-corrected chi connectivity index (χ3v) is 3.41. The molecule has 0 saturated carbocycles. The maximum absolute atomic E-state index is 5.17. The largest absolute Gasteiger partial charge is 0.375 e. The van der Waals surface area contributed by atoms with Gasteiger partial charge in [0.2, 0.25) is 0 Å². The lowest BCUT2D eigenvalue weighted by molar-refractivity contribution is 0.151. The molecule has 0 spiro atoms. The Hall–Kier alpha value is -2.02. The van der Waals surface area contributed by atoms with Gasteiger partial charge in [-0.3, -0.25) is 4.98 Å². The van der Waals surface area contributed by atoms with E-state index in [0.717, 1.165) is 37.6 Å². The van der Waals surface area contributed by atoms with E-state index < -0.39 is 0 Å². The van der Waals surface area contributed by atoms with Crippen molar-refractivity contribution < 1.29 is 9.26 Å². The van der Waals surface area contributed by atoms with Gasteiger partial charge in [-0.1, -0.05) is 5.16 Å². The second-order valence-electron chi connectivity index (χ2n) is 4.83. The zero-order valence-electron chi connectivity index (χ0n) is 11.4. The molecule has 2 aromatic rings. The van der Waals surface area contributed by atoms with Gasteiger partial charge in [-0.25, -0.2) is 4.98 Å². The first-order chi connectivity index (χ1) is 9.86. The van der Waals surface area contributed by atoms with Gasteiger partial charge >= 0.3 is 0 Å². The van der Waals surface area contributed by atoms with E-state index in [2.05, 4.69) is 25.0 Å². The molecular weight excluding hydrogens is 258 g/mol. The number of hydrogen-bond donors (Lipinski definition) is 0. The van der Waals surface area contributed by atoms with Crippen molar-refractivity contribution in [2.45, 2.75) is 25.4 Å². The van der Waals surface area contributed by atoms with Gasteiger partial charge in [-0.15, -0.1) is 0 Å². The maximum atomic E-state index is 5.17. The molecule has 1 aliphatic heterocycles. The van der Waals surface area contributed by atoms with E-state index in [1.807, 2.05) is 0 Å². The Morgan fingerprint density at radius 3 is 3.20 bits per heavy atom. The molecule has 1 saturated heterocycles. The number of nitrogens with zero attached hydrogens (tertiary/aromatic N) is 5. The number of piperidine rings is 1. The van der Waals surface area contributed by atoms with Crippen molar-refractivity contribution in [2.75, 3.05) is 25.1 Å². The number of methoxy groups -OCH3 is 1. The lowest BCUT2D eigenvalue weighted by Gasteiger charge is -2.31. The highest BCUT2D eigenvalue weighted by atomic mass is 16.5. The Bertz CT molecular complexity index is 545. The van der Waals surface area contributed by atoms with Crippen molar-refractivity contribution in [3.8, 4) is 0 Å². The third-order valence-electron chi connectivity index (χ3n) is 3.41. The van der Waals surface area contributed by atoms with Crippen LogP contribution in [0.2, 0.25) is 0 Å². The van der Waals surface area contributed by atoms with E-state index in [9.17, 15) is 0 Å². The summed E-state index contributed by atoms with van der Waals surface area (Å²) in [6, 6.07) is 0. The average molecular weight is 275 g/mol. The molecule has 1 aliphatic rings. The zero-order valence-corrected chi connectivity index (χ0v) is 11.4. The summed E-state index contributed by atoms with van der Waals surface area (Å²) in [5.74, 6) is 2.45. The van der Waals surface area contributed by atoms with Gasteiger partial charge in [0, 0.05) is 38.5 Å². The monoisotopic (exact) mass is 275 g/mol. The minimum absolute atomic E-state index is 0.264. The highest BCUT2D eigenvalue weighted by molar-refractivity contribution is 5.36. The summed E-state index contributed by atoms with van der Waals surface area (Å²) in [5.41, 5.74) is 0. The summed E-state index contributed by atoms with van der Waals surface area (Å²) in [5, 5.41) is 4.06. The smallest absolute Gasteiger partial charge is 0.252 e. The van der Waals surface area contributed by atoms with Crippen molar-refractivity contribution in [3.05, 3.63) is 30.3 Å². The second-order valence-corrected chi connectivity index (χ2v) is 4.83. The van der Waals surface area contributed by atoms with Gasteiger partial charge in [-0.2, -0.15) is 4.98 Å². The van der Waals surface area contributed by atoms with Crippen molar-refractivity contribution in [1.82, 2.24) is 20.1 Å². The van der Waals surface area contributed by atoms with E-state index in [-0.39, 0.29) is 5.92 Å². The van der Waals surface area contributed by atoms with Gasteiger partial charge in [0.05, 0.1) is 6.20 Å². The molecule has 0 amide bonds. The predicted molar refractivity (Wildman–Crippen MR) is 71.2 cm³/mol. The van der Waals surface area contributed by atoms with Crippen LogP contribution in [0, 0.1) is 0 Å². The predicted octanol–water partition coefficient (Wildman–Crippen LogP) is 1.39. The molecule has 3 heterocycles. The van der Waals surface area contributed by atoms with E-state index in [0.29, 0.717) is 12.5 Å². The fourth-order valence-electron chi connectivity index (χ4n) is 2.47. The molecule has 0 bridgehead atoms. The molecule has 7 heteroatoms. The van der Waals surface area contributed by atoms with Crippen LogP contribution in [0.1, 0.15) is 30.5 Å². The third kappa shape index (κ3) is 2.77. The molecule has 1 fully saturated rings. The molecule has 20 heavy (non-hydrogen) atoms. The molecule has 0 aromatic carbocycles. The second kappa shape index (κ2) is 5.96. The molecule has 1 atom stereocenters. The van der Waals surface area contributed by atoms with Crippen LogP contribution in [-0.2, 0) is 11.3 Å². The number of rotatable bonds is 4. The molecule has 0 N–H and O–H groups in total. The van der Waals surface area contributed by atoms with Crippen LogP contribution in [-0.4, -0.2) is 40.3 Å². The summed E-state index contributed by atoms with van der Waals surface area (Å²) in [4.78, 5) is 15.1. The fourth-order valence-corrected chi connectivity index (χ4v) is 2.47. The molecule has 2 aromatic heterocycles. The van der Waals surface area contributed by atoms with Crippen LogP contribution < -0.4 is 4.90 Å². The van der Waals surface area contributed by atoms with Gasteiger partial charge in [0.25, 0.3) is 5.89 Å². The van der Waals surface area contributed by atoms with E-state index in [1.54, 1.807) is 25.7 Å². The first kappa shape index (κ1) is 13.0. The quantitative estimate of drug-likeness (QED) is 0.834. The first-order valence-electron chi connectivity index (χ1n) is 6.69. The summed E-state index contributed by atoms with van der Waals surface area (Å²) in [7, 11) is 1.61. The van der Waals surface area contributed by atoms with Gasteiger partial charge in [0.15, 0.2) is 5.82 Å². The van der Waals surface area contributed by atoms with Crippen LogP contribution in [0.25, 0.3) is 0 Å². The standard InChI is InChI=1S/C13H17N5O2/c1-19-9-12-16-13(17-20-12)10-3-2-6-18(8-10)11-7-14-4-5-15-11/h4-5,7,10H,2-3,6,8-9H2,1H3/t10-/m0/s1. The SMILES string of the molecule is COCc1nc([C@H]2CCCN(c3cnccn3)C2)no1. The van der Waals surface area contributed by atoms with Crippen molar-refractivity contribution in [2.24, 2.45) is 0 Å². The molecule has 3 rings (SSSR count). The maximum Gasteiger partial charge on any atom is 0.252 e. The lowest BCUT2D eigenvalue weighted by atomic mass is 9.97. The Morgan fingerprint density at radius 2 is 2.40 bits per heavy atom. The minimum atomic E-state index is 0.264. The van der Waals surface area contributed by atoms with Crippen molar-refractivity contribution >= 4 is 5.82 Å². The van der Waals surface area contributed by atoms with E-state index in [4.69, 9.17) is 9.26 Å². The molecule has 7 nitrogen and oxygen atoms in total. The van der Waals surface area contributed by atoms with Crippen molar-refractivity contribution in [3.63, 3.8) is 0 Å². The lowest BCUT2D eigenvalue weighted by Crippen LogP contribution is -2.35. The summed E-state index contributed by atoms with van der Waals surface area (Å²) >= 11 is 0. The normalized spacial score (nSPS) is 19.2. The number of aromatic nitrogens is 4. The summed E-state index contributed by atoms with van der Waals surface area (Å²) in [6.07, 6.45) is 7.32. The van der Waals surface area contributed by atoms with Crippen molar-refractivity contribution in [1.29, 1.82) is 0 Å². The molecule has 0 aliphatic carbocycles. The summed E-state index contributed by atoms with van der Waals surface area (Å²) < 4.78 is 10.2. The van der Waals surface area contributed by atoms with Gasteiger partial charge in [0.1, 0.15) is 12.4 Å². The average Bonchev–Trinajstić information content (AvgIpc) is 2.97. The number of hydrogen-bond acceptors (Lipinski definition) is 7. The molecule has 106 valence electrons. The molecule has 0 unspecified atom stereocenters. The van der Waals surface area contributed by atoms with Gasteiger partial charge < -0.3 is 14.2 Å². The number of ether oxygens (including phenoxy) is 1. The van der Waals surface area contributed by atoms with E-state index in [1.165, 1.54) is 0 Å². The van der Waals surface area contributed by atoms with E-state index >= 15 is 0 Å². The Kier molecular flexibility index (Phi) is 3.87. The molecular formula is C13H17N5O2.